The molecule has 0 radical (unpaired) electrons. The van der Waals surface area contributed by atoms with Crippen LogP contribution in [0.15, 0.2) is 53.8 Å². The van der Waals surface area contributed by atoms with Crippen molar-refractivity contribution in [3.05, 3.63) is 65.4 Å². The van der Waals surface area contributed by atoms with Crippen molar-refractivity contribution < 1.29 is 14.3 Å². The second kappa shape index (κ2) is 8.89. The largest absolute Gasteiger partial charge is 0.496 e. The molecule has 0 aliphatic carbocycles. The van der Waals surface area contributed by atoms with E-state index in [1.54, 1.807) is 19.5 Å². The number of aromatic amines is 1. The Labute approximate surface area is 169 Å². The van der Waals surface area contributed by atoms with Gasteiger partial charge in [-0.1, -0.05) is 18.2 Å². The molecule has 1 saturated heterocycles. The van der Waals surface area contributed by atoms with Crippen LogP contribution in [0.4, 0.5) is 0 Å². The SMILES string of the molecule is COc1ccc(C=NNC(=O)c2c[nH]c3ccccc23)cc1CN1CCOCC1. The van der Waals surface area contributed by atoms with Gasteiger partial charge in [0.2, 0.25) is 0 Å². The Morgan fingerprint density at radius 3 is 2.93 bits per heavy atom. The van der Waals surface area contributed by atoms with Crippen LogP contribution in [0, 0.1) is 0 Å². The number of hydrazone groups is 1. The summed E-state index contributed by atoms with van der Waals surface area (Å²) in [7, 11) is 1.67. The van der Waals surface area contributed by atoms with Crippen molar-refractivity contribution in [2.24, 2.45) is 5.10 Å². The Balaban J connectivity index is 1.44. The van der Waals surface area contributed by atoms with Crippen LogP contribution in [0.3, 0.4) is 0 Å². The molecule has 1 fully saturated rings. The van der Waals surface area contributed by atoms with Gasteiger partial charge in [-0.3, -0.25) is 9.69 Å². The van der Waals surface area contributed by atoms with Gasteiger partial charge in [-0.05, 0) is 29.8 Å². The number of methoxy groups -OCH3 is 1. The normalized spacial score (nSPS) is 15.1. The van der Waals surface area contributed by atoms with Crippen LogP contribution in [0.5, 0.6) is 5.75 Å². The third-order valence-electron chi connectivity index (χ3n) is 5.02. The summed E-state index contributed by atoms with van der Waals surface area (Å²) < 4.78 is 10.9. The Bertz CT molecular complexity index is 1020. The maximum Gasteiger partial charge on any atom is 0.273 e. The van der Waals surface area contributed by atoms with Crippen LogP contribution >= 0.6 is 0 Å². The quantitative estimate of drug-likeness (QED) is 0.499. The number of fused-ring (bicyclic) bond motifs is 1. The Hall–Kier alpha value is -3.16. The molecule has 1 aliphatic rings. The lowest BCUT2D eigenvalue weighted by Crippen LogP contribution is -2.35. The summed E-state index contributed by atoms with van der Waals surface area (Å²) in [4.78, 5) is 17.9. The van der Waals surface area contributed by atoms with Crippen molar-refractivity contribution in [2.45, 2.75) is 6.54 Å². The van der Waals surface area contributed by atoms with E-state index in [1.165, 1.54) is 0 Å². The average molecular weight is 392 g/mol. The zero-order valence-corrected chi connectivity index (χ0v) is 16.4. The van der Waals surface area contributed by atoms with Gasteiger partial charge < -0.3 is 14.5 Å². The number of hydrogen-bond donors (Lipinski definition) is 2. The standard InChI is InChI=1S/C22H24N4O3/c1-28-21-7-6-16(12-17(21)15-26-8-10-29-11-9-26)13-24-25-22(27)19-14-23-20-5-3-2-4-18(19)20/h2-7,12-14,23H,8-11,15H2,1H3,(H,25,27). The van der Waals surface area contributed by atoms with Crippen LogP contribution in [0.2, 0.25) is 0 Å². The molecule has 0 atom stereocenters. The highest BCUT2D eigenvalue weighted by Crippen LogP contribution is 2.22. The van der Waals surface area contributed by atoms with Crippen molar-refractivity contribution >= 4 is 23.0 Å². The lowest BCUT2D eigenvalue weighted by Gasteiger charge is -2.27. The summed E-state index contributed by atoms with van der Waals surface area (Å²) in [6, 6.07) is 13.6. The summed E-state index contributed by atoms with van der Waals surface area (Å²) in [5.74, 6) is 0.595. The molecule has 2 heterocycles. The van der Waals surface area contributed by atoms with Crippen molar-refractivity contribution in [1.29, 1.82) is 0 Å². The predicted molar refractivity (Wildman–Crippen MR) is 112 cm³/mol. The number of carbonyl (C=O) groups is 1. The van der Waals surface area contributed by atoms with Gasteiger partial charge in [0.05, 0.1) is 32.1 Å². The van der Waals surface area contributed by atoms with Gasteiger partial charge in [0.25, 0.3) is 5.91 Å². The molecule has 0 unspecified atom stereocenters. The number of rotatable bonds is 6. The molecule has 1 aromatic heterocycles. The molecule has 2 aromatic carbocycles. The third kappa shape index (κ3) is 4.47. The smallest absolute Gasteiger partial charge is 0.273 e. The predicted octanol–water partition coefficient (Wildman–Crippen LogP) is 2.77. The van der Waals surface area contributed by atoms with Crippen LogP contribution in [0.25, 0.3) is 10.9 Å². The van der Waals surface area contributed by atoms with Gasteiger partial charge in [0.1, 0.15) is 5.75 Å². The first-order valence-corrected chi connectivity index (χ1v) is 9.61. The van der Waals surface area contributed by atoms with Gasteiger partial charge in [0.15, 0.2) is 0 Å². The highest BCUT2D eigenvalue weighted by atomic mass is 16.5. The Morgan fingerprint density at radius 1 is 1.28 bits per heavy atom. The molecular formula is C22H24N4O3. The molecule has 7 nitrogen and oxygen atoms in total. The van der Waals surface area contributed by atoms with Crippen molar-refractivity contribution in [2.75, 3.05) is 33.4 Å². The minimum Gasteiger partial charge on any atom is -0.496 e. The van der Waals surface area contributed by atoms with Gasteiger partial charge in [-0.25, -0.2) is 5.43 Å². The highest BCUT2D eigenvalue weighted by Gasteiger charge is 2.14. The summed E-state index contributed by atoms with van der Waals surface area (Å²) in [5, 5.41) is 5.01. The zero-order chi connectivity index (χ0) is 20.1. The number of nitrogens with zero attached hydrogens (tertiary/aromatic N) is 2. The zero-order valence-electron chi connectivity index (χ0n) is 16.4. The fraction of sp³-hybridized carbons (Fsp3) is 0.273. The number of benzene rings is 2. The van der Waals surface area contributed by atoms with E-state index in [2.05, 4.69) is 20.4 Å². The maximum absolute atomic E-state index is 12.5. The molecule has 1 amide bonds. The van der Waals surface area contributed by atoms with E-state index in [-0.39, 0.29) is 5.91 Å². The van der Waals surface area contributed by atoms with Crippen molar-refractivity contribution in [3.8, 4) is 5.75 Å². The second-order valence-corrected chi connectivity index (χ2v) is 6.91. The van der Waals surface area contributed by atoms with E-state index in [1.807, 2.05) is 42.5 Å². The molecular weight excluding hydrogens is 368 g/mol. The number of H-pyrrole nitrogens is 1. The monoisotopic (exact) mass is 392 g/mol. The second-order valence-electron chi connectivity index (χ2n) is 6.91. The average Bonchev–Trinajstić information content (AvgIpc) is 3.19. The summed E-state index contributed by atoms with van der Waals surface area (Å²) >= 11 is 0. The van der Waals surface area contributed by atoms with E-state index in [9.17, 15) is 4.79 Å². The molecule has 7 heteroatoms. The number of nitrogens with one attached hydrogen (secondary N) is 2. The molecule has 2 N–H and O–H groups in total. The van der Waals surface area contributed by atoms with Crippen molar-refractivity contribution in [1.82, 2.24) is 15.3 Å². The van der Waals surface area contributed by atoms with Crippen LogP contribution in [0.1, 0.15) is 21.5 Å². The van der Waals surface area contributed by atoms with E-state index in [4.69, 9.17) is 9.47 Å². The van der Waals surface area contributed by atoms with Crippen LogP contribution < -0.4 is 10.2 Å². The first kappa shape index (κ1) is 19.2. The molecule has 29 heavy (non-hydrogen) atoms. The molecule has 0 bridgehead atoms. The molecule has 4 rings (SSSR count). The number of hydrogen-bond acceptors (Lipinski definition) is 5. The van der Waals surface area contributed by atoms with Gasteiger partial charge >= 0.3 is 0 Å². The minimum atomic E-state index is -0.249. The summed E-state index contributed by atoms with van der Waals surface area (Å²) in [6.07, 6.45) is 3.35. The van der Waals surface area contributed by atoms with E-state index < -0.39 is 0 Å². The number of carbonyl (C=O) groups excluding carboxylic acids is 1. The fourth-order valence-corrected chi connectivity index (χ4v) is 3.49. The fourth-order valence-electron chi connectivity index (χ4n) is 3.49. The number of ether oxygens (including phenoxy) is 2. The molecule has 0 saturated carbocycles. The molecule has 1 aliphatic heterocycles. The molecule has 0 spiro atoms. The van der Waals surface area contributed by atoms with Crippen LogP contribution in [-0.2, 0) is 11.3 Å². The maximum atomic E-state index is 12.5. The van der Waals surface area contributed by atoms with E-state index in [0.29, 0.717) is 5.56 Å². The number of para-hydroxylation sites is 1. The Kier molecular flexibility index (Phi) is 5.88. The lowest BCUT2D eigenvalue weighted by molar-refractivity contribution is 0.0339. The topological polar surface area (TPSA) is 78.9 Å². The van der Waals surface area contributed by atoms with Gasteiger partial charge in [-0.2, -0.15) is 5.10 Å². The lowest BCUT2D eigenvalue weighted by atomic mass is 10.1. The third-order valence-corrected chi connectivity index (χ3v) is 5.02. The highest BCUT2D eigenvalue weighted by molar-refractivity contribution is 6.06. The molecule has 3 aromatic rings. The van der Waals surface area contributed by atoms with E-state index >= 15 is 0 Å². The van der Waals surface area contributed by atoms with Gasteiger partial charge in [-0.15, -0.1) is 0 Å². The van der Waals surface area contributed by atoms with E-state index in [0.717, 1.165) is 60.6 Å². The van der Waals surface area contributed by atoms with Gasteiger partial charge in [0, 0.05) is 42.3 Å². The first-order valence-electron chi connectivity index (χ1n) is 9.61. The number of morpholine rings is 1. The van der Waals surface area contributed by atoms with Crippen LogP contribution in [-0.4, -0.2) is 55.4 Å². The number of amides is 1. The minimum absolute atomic E-state index is 0.249. The Morgan fingerprint density at radius 2 is 2.10 bits per heavy atom. The summed E-state index contributed by atoms with van der Waals surface area (Å²) in [5.41, 5.74) is 6.08. The summed E-state index contributed by atoms with van der Waals surface area (Å²) in [6.45, 7) is 4.10. The molecule has 150 valence electrons. The first-order chi connectivity index (χ1) is 14.2. The number of aromatic nitrogens is 1. The van der Waals surface area contributed by atoms with Crippen molar-refractivity contribution in [3.63, 3.8) is 0 Å².